The lowest BCUT2D eigenvalue weighted by Gasteiger charge is -2.23. The summed E-state index contributed by atoms with van der Waals surface area (Å²) < 4.78 is 17.6. The van der Waals surface area contributed by atoms with Crippen LogP contribution in [0.15, 0.2) is 48.5 Å². The average Bonchev–Trinajstić information content (AvgIpc) is 3.32. The Morgan fingerprint density at radius 2 is 1.71 bits per heavy atom. The largest absolute Gasteiger partial charge is 0.497 e. The van der Waals surface area contributed by atoms with Crippen molar-refractivity contribution in [3.8, 4) is 17.2 Å². The lowest BCUT2D eigenvalue weighted by Crippen LogP contribution is -2.39. The van der Waals surface area contributed by atoms with E-state index in [0.29, 0.717) is 42.5 Å². The number of nitrogens with zero attached hydrogens (tertiary/aromatic N) is 3. The van der Waals surface area contributed by atoms with Crippen LogP contribution in [0.1, 0.15) is 48.8 Å². The molecule has 1 N–H and O–H groups in total. The summed E-state index contributed by atoms with van der Waals surface area (Å²) in [5.74, 6) is 0.824. The van der Waals surface area contributed by atoms with Crippen molar-refractivity contribution in [2.75, 3.05) is 46.3 Å². The van der Waals surface area contributed by atoms with Crippen LogP contribution in [0.25, 0.3) is 5.69 Å². The number of benzene rings is 2. The molecule has 0 radical (unpaired) electrons. The minimum Gasteiger partial charge on any atom is -0.497 e. The lowest BCUT2D eigenvalue weighted by atomic mass is 9.92. The minimum absolute atomic E-state index is 0.151. The van der Waals surface area contributed by atoms with Crippen molar-refractivity contribution in [2.24, 2.45) is 0 Å². The Balaban J connectivity index is 1.88. The highest BCUT2D eigenvalue weighted by molar-refractivity contribution is 6.01. The van der Waals surface area contributed by atoms with E-state index >= 15 is 0 Å². The van der Waals surface area contributed by atoms with E-state index in [1.54, 1.807) is 37.1 Å². The molecule has 9 heteroatoms. The van der Waals surface area contributed by atoms with Crippen molar-refractivity contribution >= 4 is 17.6 Å². The van der Waals surface area contributed by atoms with Crippen molar-refractivity contribution < 1.29 is 23.8 Å². The molecule has 0 bridgehead atoms. The van der Waals surface area contributed by atoms with Gasteiger partial charge in [-0.15, -0.1) is 0 Å². The highest BCUT2D eigenvalue weighted by atomic mass is 16.5. The Morgan fingerprint density at radius 1 is 1.00 bits per heavy atom. The summed E-state index contributed by atoms with van der Waals surface area (Å²) in [6.45, 7) is 8.86. The topological polar surface area (TPSA) is 94.9 Å². The molecule has 0 unspecified atom stereocenters. The summed E-state index contributed by atoms with van der Waals surface area (Å²) in [5, 5.41) is 7.75. The highest BCUT2D eigenvalue weighted by Gasteiger charge is 2.25. The summed E-state index contributed by atoms with van der Waals surface area (Å²) in [4.78, 5) is 28.3. The van der Waals surface area contributed by atoms with Gasteiger partial charge in [-0.25, -0.2) is 4.68 Å². The molecule has 38 heavy (non-hydrogen) atoms. The van der Waals surface area contributed by atoms with Gasteiger partial charge in [-0.1, -0.05) is 38.5 Å². The van der Waals surface area contributed by atoms with Gasteiger partial charge in [-0.3, -0.25) is 9.59 Å². The summed E-state index contributed by atoms with van der Waals surface area (Å²) in [6, 6.07) is 14.8. The van der Waals surface area contributed by atoms with E-state index < -0.39 is 0 Å². The van der Waals surface area contributed by atoms with E-state index in [0.717, 1.165) is 16.9 Å². The van der Waals surface area contributed by atoms with E-state index in [1.165, 1.54) is 12.0 Å². The van der Waals surface area contributed by atoms with Gasteiger partial charge in [0.15, 0.2) is 0 Å². The molecule has 0 aliphatic rings. The monoisotopic (exact) mass is 522 g/mol. The Kier molecular flexibility index (Phi) is 9.52. The number of nitrogens with one attached hydrogen (secondary N) is 1. The summed E-state index contributed by atoms with van der Waals surface area (Å²) >= 11 is 0. The molecule has 3 aromatic rings. The van der Waals surface area contributed by atoms with Crippen molar-refractivity contribution in [1.29, 1.82) is 0 Å². The molecule has 0 aliphatic heterocycles. The fourth-order valence-electron chi connectivity index (χ4n) is 3.87. The first kappa shape index (κ1) is 28.7. The normalized spacial score (nSPS) is 11.2. The molecule has 0 atom stereocenters. The molecule has 2 amide bonds. The smallest absolute Gasteiger partial charge is 0.258 e. The summed E-state index contributed by atoms with van der Waals surface area (Å²) in [6.07, 6.45) is 0.573. The second-order valence-electron chi connectivity index (χ2n) is 10.1. The van der Waals surface area contributed by atoms with Gasteiger partial charge in [0, 0.05) is 37.8 Å². The third-order valence-electron chi connectivity index (χ3n) is 6.06. The molecule has 0 fully saturated rings. The zero-order valence-corrected chi connectivity index (χ0v) is 23.3. The Hall–Kier alpha value is -3.85. The molecule has 2 aromatic carbocycles. The Morgan fingerprint density at radius 3 is 2.32 bits per heavy atom. The second kappa shape index (κ2) is 12.6. The standard InChI is InChI=1S/C29H38N4O5/c1-20-9-11-21(12-10-20)33-26(18-25(31-33)29(2,3)4)30-27(34)19-32(15-8-16-36-5)28(35)23-14-13-22(37-6)17-24(23)38-7/h9-14,17-18H,8,15-16,19H2,1-7H3,(H,30,34). The van der Waals surface area contributed by atoms with Crippen LogP contribution in [0.5, 0.6) is 11.5 Å². The maximum absolute atomic E-state index is 13.5. The van der Waals surface area contributed by atoms with E-state index in [2.05, 4.69) is 26.1 Å². The van der Waals surface area contributed by atoms with Gasteiger partial charge < -0.3 is 24.4 Å². The zero-order valence-electron chi connectivity index (χ0n) is 23.3. The quantitative estimate of drug-likeness (QED) is 0.370. The van der Waals surface area contributed by atoms with Crippen molar-refractivity contribution in [2.45, 2.75) is 39.5 Å². The molecular formula is C29H38N4O5. The number of carbonyl (C=O) groups excluding carboxylic acids is 2. The molecule has 0 aliphatic carbocycles. The van der Waals surface area contributed by atoms with Gasteiger partial charge in [0.05, 0.1) is 31.2 Å². The van der Waals surface area contributed by atoms with Gasteiger partial charge in [-0.05, 0) is 37.6 Å². The lowest BCUT2D eigenvalue weighted by molar-refractivity contribution is -0.117. The van der Waals surface area contributed by atoms with E-state index in [1.807, 2.05) is 37.3 Å². The number of aryl methyl sites for hydroxylation is 1. The molecule has 3 rings (SSSR count). The summed E-state index contributed by atoms with van der Waals surface area (Å²) in [7, 11) is 4.64. The van der Waals surface area contributed by atoms with Gasteiger partial charge in [0.1, 0.15) is 23.9 Å². The fourth-order valence-corrected chi connectivity index (χ4v) is 3.87. The first-order valence-corrected chi connectivity index (χ1v) is 12.5. The number of hydrogen-bond acceptors (Lipinski definition) is 6. The third kappa shape index (κ3) is 7.13. The van der Waals surface area contributed by atoms with E-state index in [9.17, 15) is 9.59 Å². The number of rotatable bonds is 11. The van der Waals surface area contributed by atoms with Crippen LogP contribution >= 0.6 is 0 Å². The number of anilines is 1. The number of hydrogen-bond donors (Lipinski definition) is 1. The molecule has 1 aromatic heterocycles. The number of ether oxygens (including phenoxy) is 3. The zero-order chi connectivity index (χ0) is 27.9. The number of methoxy groups -OCH3 is 3. The van der Waals surface area contributed by atoms with E-state index in [-0.39, 0.29) is 23.8 Å². The average molecular weight is 523 g/mol. The van der Waals surface area contributed by atoms with Gasteiger partial charge in [0.25, 0.3) is 5.91 Å². The van der Waals surface area contributed by atoms with Crippen molar-refractivity contribution in [1.82, 2.24) is 14.7 Å². The van der Waals surface area contributed by atoms with Crippen LogP contribution in [0, 0.1) is 6.92 Å². The van der Waals surface area contributed by atoms with Crippen LogP contribution in [0.4, 0.5) is 5.82 Å². The van der Waals surface area contributed by atoms with Gasteiger partial charge >= 0.3 is 0 Å². The Bertz CT molecular complexity index is 1240. The van der Waals surface area contributed by atoms with Crippen LogP contribution < -0.4 is 14.8 Å². The molecular weight excluding hydrogens is 484 g/mol. The van der Waals surface area contributed by atoms with Crippen molar-refractivity contribution in [3.63, 3.8) is 0 Å². The molecule has 0 spiro atoms. The first-order chi connectivity index (χ1) is 18.1. The first-order valence-electron chi connectivity index (χ1n) is 12.5. The van der Waals surface area contributed by atoms with E-state index in [4.69, 9.17) is 19.3 Å². The minimum atomic E-state index is -0.336. The predicted molar refractivity (Wildman–Crippen MR) is 148 cm³/mol. The fraction of sp³-hybridized carbons (Fsp3) is 0.414. The molecule has 0 saturated carbocycles. The van der Waals surface area contributed by atoms with Crippen LogP contribution in [-0.4, -0.2) is 67.5 Å². The SMILES string of the molecule is COCCCN(CC(=O)Nc1cc(C(C)(C)C)nn1-c1ccc(C)cc1)C(=O)c1ccc(OC)cc1OC. The number of carbonyl (C=O) groups is 2. The second-order valence-corrected chi connectivity index (χ2v) is 10.1. The molecule has 9 nitrogen and oxygen atoms in total. The summed E-state index contributed by atoms with van der Waals surface area (Å²) in [5.41, 5.74) is 2.92. The predicted octanol–water partition coefficient (Wildman–Crippen LogP) is 4.61. The molecule has 0 saturated heterocycles. The van der Waals surface area contributed by atoms with Gasteiger partial charge in [0.2, 0.25) is 5.91 Å². The molecule has 204 valence electrons. The van der Waals surface area contributed by atoms with Gasteiger partial charge in [-0.2, -0.15) is 5.10 Å². The van der Waals surface area contributed by atoms with Crippen LogP contribution in [0.2, 0.25) is 0 Å². The maximum Gasteiger partial charge on any atom is 0.258 e. The number of amides is 2. The maximum atomic E-state index is 13.5. The van der Waals surface area contributed by atoms with Crippen LogP contribution in [-0.2, 0) is 14.9 Å². The Labute approximate surface area is 224 Å². The molecule has 1 heterocycles. The third-order valence-corrected chi connectivity index (χ3v) is 6.06. The van der Waals surface area contributed by atoms with Crippen molar-refractivity contribution in [3.05, 3.63) is 65.4 Å². The number of aromatic nitrogens is 2. The van der Waals surface area contributed by atoms with Crippen LogP contribution in [0.3, 0.4) is 0 Å². The highest BCUT2D eigenvalue weighted by Crippen LogP contribution is 2.28.